The monoisotopic (exact) mass is 328 g/mol. The number of nitrogen functional groups attached to an aromatic ring is 1. The summed E-state index contributed by atoms with van der Waals surface area (Å²) in [4.78, 5) is 30.3. The second-order valence-corrected chi connectivity index (χ2v) is 4.88. The lowest BCUT2D eigenvalue weighted by molar-refractivity contribution is -0.542. The maximum atomic E-state index is 12.0. The number of hydrogen-bond acceptors (Lipinski definition) is 10. The van der Waals surface area contributed by atoms with Crippen LogP contribution < -0.4 is 11.3 Å². The normalized spacial score (nSPS) is 27.6. The summed E-state index contributed by atoms with van der Waals surface area (Å²) in [5.41, 5.74) is 3.81. The average Bonchev–Trinajstić information content (AvgIpc) is 3.01. The van der Waals surface area contributed by atoms with Gasteiger partial charge in [-0.25, -0.2) is 15.1 Å². The van der Waals surface area contributed by atoms with E-state index in [1.165, 1.54) is 0 Å². The van der Waals surface area contributed by atoms with Crippen LogP contribution in [0.25, 0.3) is 11.2 Å². The van der Waals surface area contributed by atoms with Gasteiger partial charge in [0, 0.05) is 4.68 Å². The number of aliphatic hydroxyl groups is 3. The van der Waals surface area contributed by atoms with Crippen LogP contribution in [0.1, 0.15) is 6.23 Å². The number of ether oxygens (including phenoxy) is 1. The van der Waals surface area contributed by atoms with Gasteiger partial charge >= 0.3 is 5.56 Å². The van der Waals surface area contributed by atoms with Crippen LogP contribution in [0, 0.1) is 10.1 Å². The Morgan fingerprint density at radius 3 is 2.70 bits per heavy atom. The summed E-state index contributed by atoms with van der Waals surface area (Å²) in [6, 6.07) is 0. The Morgan fingerprint density at radius 2 is 2.13 bits per heavy atom. The number of nitro groups is 1. The Bertz CT molecular complexity index is 831. The van der Waals surface area contributed by atoms with E-state index in [0.29, 0.717) is 0 Å². The summed E-state index contributed by atoms with van der Waals surface area (Å²) in [6.07, 6.45) is -3.94. The smallest absolute Gasteiger partial charge is 0.345 e. The minimum Gasteiger partial charge on any atom is -0.394 e. The SMILES string of the molecule is Nc1nc2c(ncn2[C@@H]2O[C@H](CO)[C@@H](O)[C@H]2O)c(=O)n1[N+](=O)[O-]. The highest BCUT2D eigenvalue weighted by atomic mass is 16.7. The molecule has 0 saturated carbocycles. The molecule has 0 aromatic carbocycles. The molecular formula is C10H12N6O7. The van der Waals surface area contributed by atoms with Crippen molar-refractivity contribution in [2.45, 2.75) is 24.5 Å². The number of nitrogens with zero attached hydrogens (tertiary/aromatic N) is 5. The van der Waals surface area contributed by atoms with Crippen LogP contribution in [0.4, 0.5) is 5.95 Å². The van der Waals surface area contributed by atoms with Crippen LogP contribution >= 0.6 is 0 Å². The molecule has 3 rings (SSSR count). The first-order chi connectivity index (χ1) is 10.9. The van der Waals surface area contributed by atoms with Gasteiger partial charge in [-0.3, -0.25) is 9.36 Å². The fraction of sp³-hybridized carbons (Fsp3) is 0.500. The Morgan fingerprint density at radius 1 is 1.43 bits per heavy atom. The molecule has 1 fully saturated rings. The zero-order valence-electron chi connectivity index (χ0n) is 11.4. The molecule has 0 spiro atoms. The van der Waals surface area contributed by atoms with Crippen molar-refractivity contribution in [3.63, 3.8) is 0 Å². The van der Waals surface area contributed by atoms with Gasteiger partial charge in [0.25, 0.3) is 5.95 Å². The van der Waals surface area contributed by atoms with E-state index in [4.69, 9.17) is 15.6 Å². The maximum absolute atomic E-state index is 12.0. The van der Waals surface area contributed by atoms with Crippen molar-refractivity contribution < 1.29 is 25.1 Å². The van der Waals surface area contributed by atoms with Crippen molar-refractivity contribution in [3.05, 3.63) is 26.8 Å². The molecule has 1 aliphatic heterocycles. The largest absolute Gasteiger partial charge is 0.394 e. The zero-order chi connectivity index (χ0) is 16.9. The second kappa shape index (κ2) is 5.24. The molecule has 1 aliphatic rings. The standard InChI is InChI=1S/C10H12N6O7/c11-10-13-7-4(8(20)15(10)16(21)22)12-2-14(7)9-6(19)5(18)3(1-17)23-9/h2-3,5-6,9,17-19H,1H2,(H2,11,13)/t3-,5-,6-,9-/m1/s1. The fourth-order valence-electron chi connectivity index (χ4n) is 2.43. The molecule has 2 aromatic rings. The molecule has 13 nitrogen and oxygen atoms in total. The van der Waals surface area contributed by atoms with Gasteiger partial charge in [0.05, 0.1) is 12.9 Å². The Labute approximate surface area is 126 Å². The highest BCUT2D eigenvalue weighted by molar-refractivity contribution is 5.70. The Kier molecular flexibility index (Phi) is 3.48. The number of aromatic nitrogens is 4. The third kappa shape index (κ3) is 2.14. The quantitative estimate of drug-likeness (QED) is 0.330. The van der Waals surface area contributed by atoms with E-state index in [-0.39, 0.29) is 15.8 Å². The fourth-order valence-corrected chi connectivity index (χ4v) is 2.43. The molecule has 3 heterocycles. The van der Waals surface area contributed by atoms with Gasteiger partial charge in [-0.05, 0) is 0 Å². The number of anilines is 1. The van der Waals surface area contributed by atoms with Crippen molar-refractivity contribution in [2.75, 3.05) is 12.3 Å². The first-order valence-corrected chi connectivity index (χ1v) is 6.39. The molecule has 23 heavy (non-hydrogen) atoms. The number of rotatable bonds is 3. The summed E-state index contributed by atoms with van der Waals surface area (Å²) < 4.78 is 6.45. The van der Waals surface area contributed by atoms with Crippen molar-refractivity contribution in [1.82, 2.24) is 19.2 Å². The van der Waals surface area contributed by atoms with Gasteiger partial charge in [0.15, 0.2) is 22.4 Å². The summed E-state index contributed by atoms with van der Waals surface area (Å²) >= 11 is 0. The molecule has 124 valence electrons. The summed E-state index contributed by atoms with van der Waals surface area (Å²) in [5, 5.41) is 38.6. The lowest BCUT2D eigenvalue weighted by Gasteiger charge is -2.16. The first-order valence-electron chi connectivity index (χ1n) is 6.39. The Balaban J connectivity index is 2.15. The molecule has 0 unspecified atom stereocenters. The molecule has 2 aromatic heterocycles. The molecule has 0 bridgehead atoms. The van der Waals surface area contributed by atoms with Gasteiger partial charge < -0.3 is 25.8 Å². The van der Waals surface area contributed by atoms with Gasteiger partial charge in [0.2, 0.25) is 0 Å². The van der Waals surface area contributed by atoms with E-state index in [0.717, 1.165) is 10.9 Å². The molecule has 0 aliphatic carbocycles. The molecule has 1 saturated heterocycles. The summed E-state index contributed by atoms with van der Waals surface area (Å²) in [6.45, 7) is -0.537. The second-order valence-electron chi connectivity index (χ2n) is 4.88. The van der Waals surface area contributed by atoms with Crippen molar-refractivity contribution in [2.24, 2.45) is 0 Å². The third-order valence-corrected chi connectivity index (χ3v) is 3.55. The van der Waals surface area contributed by atoms with Crippen LogP contribution in [0.15, 0.2) is 11.1 Å². The van der Waals surface area contributed by atoms with Crippen LogP contribution in [-0.2, 0) is 4.74 Å². The minimum atomic E-state index is -1.43. The number of fused-ring (bicyclic) bond motifs is 1. The minimum absolute atomic E-state index is 0.0387. The maximum Gasteiger partial charge on any atom is 0.345 e. The van der Waals surface area contributed by atoms with E-state index in [9.17, 15) is 25.1 Å². The lowest BCUT2D eigenvalue weighted by atomic mass is 10.1. The highest BCUT2D eigenvalue weighted by Gasteiger charge is 2.44. The van der Waals surface area contributed by atoms with E-state index in [1.807, 2.05) is 0 Å². The van der Waals surface area contributed by atoms with Gasteiger partial charge in [-0.2, -0.15) is 4.98 Å². The number of imidazole rings is 1. The van der Waals surface area contributed by atoms with Crippen LogP contribution in [-0.4, -0.2) is 64.5 Å². The number of nitrogens with two attached hydrogens (primary N) is 1. The predicted molar refractivity (Wildman–Crippen MR) is 71.6 cm³/mol. The van der Waals surface area contributed by atoms with Crippen LogP contribution in [0.5, 0.6) is 0 Å². The van der Waals surface area contributed by atoms with Crippen molar-refractivity contribution in [1.29, 1.82) is 0 Å². The Hall–Kier alpha value is -2.61. The molecule has 4 atom stereocenters. The van der Waals surface area contributed by atoms with Crippen molar-refractivity contribution in [3.8, 4) is 0 Å². The topological polar surface area (TPSA) is 192 Å². The van der Waals surface area contributed by atoms with E-state index >= 15 is 0 Å². The predicted octanol–water partition coefficient (Wildman–Crippen LogP) is -3.17. The summed E-state index contributed by atoms with van der Waals surface area (Å²) in [5.74, 6) is -0.680. The first kappa shape index (κ1) is 15.3. The third-order valence-electron chi connectivity index (χ3n) is 3.55. The molecule has 0 radical (unpaired) electrons. The van der Waals surface area contributed by atoms with E-state index in [2.05, 4.69) is 9.97 Å². The van der Waals surface area contributed by atoms with Gasteiger partial charge in [0.1, 0.15) is 18.3 Å². The highest BCUT2D eigenvalue weighted by Crippen LogP contribution is 2.30. The van der Waals surface area contributed by atoms with E-state index < -0.39 is 47.7 Å². The lowest BCUT2D eigenvalue weighted by Crippen LogP contribution is -2.33. The van der Waals surface area contributed by atoms with E-state index in [1.54, 1.807) is 0 Å². The molecule has 0 amide bonds. The van der Waals surface area contributed by atoms with Crippen LogP contribution in [0.2, 0.25) is 0 Å². The molecular weight excluding hydrogens is 316 g/mol. The van der Waals surface area contributed by atoms with Gasteiger partial charge in [-0.1, -0.05) is 0 Å². The van der Waals surface area contributed by atoms with Crippen LogP contribution in [0.3, 0.4) is 0 Å². The van der Waals surface area contributed by atoms with Gasteiger partial charge in [-0.15, -0.1) is 0 Å². The zero-order valence-corrected chi connectivity index (χ0v) is 11.4. The molecule has 5 N–H and O–H groups in total. The summed E-state index contributed by atoms with van der Waals surface area (Å²) in [7, 11) is 0. The number of aliphatic hydroxyl groups excluding tert-OH is 3. The molecule has 13 heteroatoms. The number of hydrogen-bond donors (Lipinski definition) is 4. The van der Waals surface area contributed by atoms with Crippen molar-refractivity contribution >= 4 is 17.1 Å². The average molecular weight is 328 g/mol.